The van der Waals surface area contributed by atoms with Crippen molar-refractivity contribution in [1.82, 2.24) is 4.90 Å². The van der Waals surface area contributed by atoms with Gasteiger partial charge in [0.25, 0.3) is 5.91 Å². The molecule has 7 heteroatoms. The second-order valence-corrected chi connectivity index (χ2v) is 3.36. The molecule has 1 amide bonds. The Bertz CT molecular complexity index is 241. The molecule has 0 radical (unpaired) electrons. The first kappa shape index (κ1) is 12.2. The molecule has 1 heterocycles. The average Bonchev–Trinajstić information content (AvgIpc) is 2.67. The van der Waals surface area contributed by atoms with E-state index in [-0.39, 0.29) is 6.61 Å². The van der Waals surface area contributed by atoms with Crippen LogP contribution in [0.4, 0.5) is 17.6 Å². The molecule has 0 aromatic carbocycles. The van der Waals surface area contributed by atoms with Crippen LogP contribution in [0.15, 0.2) is 0 Å². The van der Waals surface area contributed by atoms with Crippen LogP contribution >= 0.6 is 0 Å². The van der Waals surface area contributed by atoms with Gasteiger partial charge in [-0.3, -0.25) is 4.79 Å². The van der Waals surface area contributed by atoms with Crippen LogP contribution in [-0.4, -0.2) is 49.5 Å². The van der Waals surface area contributed by atoms with Gasteiger partial charge in [0, 0.05) is 13.7 Å². The van der Waals surface area contributed by atoms with Gasteiger partial charge in [-0.15, -0.1) is 0 Å². The minimum absolute atomic E-state index is 0.113. The van der Waals surface area contributed by atoms with Crippen molar-refractivity contribution in [1.29, 1.82) is 0 Å². The number of rotatable bonds is 3. The van der Waals surface area contributed by atoms with E-state index >= 15 is 0 Å². The normalized spacial score (nSPS) is 22.1. The van der Waals surface area contributed by atoms with E-state index in [1.54, 1.807) is 0 Å². The lowest BCUT2D eigenvalue weighted by atomic mass is 10.2. The van der Waals surface area contributed by atoms with Gasteiger partial charge in [0.15, 0.2) is 0 Å². The zero-order chi connectivity index (χ0) is 11.6. The van der Waals surface area contributed by atoms with Gasteiger partial charge in [0.2, 0.25) is 0 Å². The van der Waals surface area contributed by atoms with E-state index in [4.69, 9.17) is 4.74 Å². The van der Waals surface area contributed by atoms with Crippen LogP contribution in [0.25, 0.3) is 0 Å². The Balaban J connectivity index is 2.66. The number of halogens is 4. The maximum Gasteiger partial charge on any atom is 0.383 e. The van der Waals surface area contributed by atoms with Crippen molar-refractivity contribution in [3.8, 4) is 0 Å². The Morgan fingerprint density at radius 3 is 2.53 bits per heavy atom. The van der Waals surface area contributed by atoms with E-state index in [1.165, 1.54) is 0 Å². The van der Waals surface area contributed by atoms with Gasteiger partial charge in [-0.2, -0.15) is 8.78 Å². The quantitative estimate of drug-likeness (QED) is 0.679. The molecule has 0 saturated carbocycles. The molecule has 0 aromatic rings. The number of hydrogen-bond donors (Lipinski definition) is 0. The molecule has 3 nitrogen and oxygen atoms in total. The first-order valence-corrected chi connectivity index (χ1v) is 4.38. The molecular weight excluding hydrogens is 218 g/mol. The highest BCUT2D eigenvalue weighted by Crippen LogP contribution is 2.26. The minimum Gasteiger partial charge on any atom is -0.379 e. The number of carbonyl (C=O) groups excluding carboxylic acids is 1. The Hall–Kier alpha value is -0.850. The number of amides is 1. The second kappa shape index (κ2) is 4.34. The van der Waals surface area contributed by atoms with Crippen molar-refractivity contribution in [2.24, 2.45) is 0 Å². The van der Waals surface area contributed by atoms with Gasteiger partial charge >= 0.3 is 12.3 Å². The second-order valence-electron chi connectivity index (χ2n) is 3.36. The Morgan fingerprint density at radius 1 is 1.53 bits per heavy atom. The number of carbonyl (C=O) groups is 1. The van der Waals surface area contributed by atoms with Gasteiger partial charge < -0.3 is 9.64 Å². The number of nitrogens with zero attached hydrogens (tertiary/aromatic N) is 1. The molecule has 1 aliphatic rings. The third-order valence-corrected chi connectivity index (χ3v) is 2.33. The monoisotopic (exact) mass is 229 g/mol. The fourth-order valence-electron chi connectivity index (χ4n) is 1.32. The highest BCUT2D eigenvalue weighted by molar-refractivity contribution is 5.84. The van der Waals surface area contributed by atoms with E-state index in [0.29, 0.717) is 17.9 Å². The highest BCUT2D eigenvalue weighted by atomic mass is 19.3. The molecule has 0 aromatic heterocycles. The van der Waals surface area contributed by atoms with Crippen LogP contribution in [0.1, 0.15) is 6.42 Å². The zero-order valence-corrected chi connectivity index (χ0v) is 8.05. The summed E-state index contributed by atoms with van der Waals surface area (Å²) in [6.07, 6.45) is -3.59. The standard InChI is InChI=1S/C8H11F4NO2/c1-13(5-2-3-15-4-5)7(14)8(11,12)6(9)10/h5-6H,2-4H2,1H3. The summed E-state index contributed by atoms with van der Waals surface area (Å²) in [4.78, 5) is 11.7. The molecule has 0 N–H and O–H groups in total. The minimum atomic E-state index is -4.61. The van der Waals surface area contributed by atoms with E-state index in [1.807, 2.05) is 0 Å². The van der Waals surface area contributed by atoms with Crippen LogP contribution in [0.3, 0.4) is 0 Å². The van der Waals surface area contributed by atoms with Gasteiger partial charge in [-0.1, -0.05) is 0 Å². The molecule has 88 valence electrons. The van der Waals surface area contributed by atoms with Crippen LogP contribution in [0.2, 0.25) is 0 Å². The van der Waals surface area contributed by atoms with E-state index in [0.717, 1.165) is 7.05 Å². The Labute approximate surface area is 84.0 Å². The smallest absolute Gasteiger partial charge is 0.379 e. The highest BCUT2D eigenvalue weighted by Gasteiger charge is 2.51. The van der Waals surface area contributed by atoms with Gasteiger partial charge in [0.05, 0.1) is 12.6 Å². The first-order valence-electron chi connectivity index (χ1n) is 4.38. The molecule has 0 spiro atoms. The lowest BCUT2D eigenvalue weighted by Gasteiger charge is -2.26. The van der Waals surface area contributed by atoms with Crippen LogP contribution < -0.4 is 0 Å². The molecule has 1 rings (SSSR count). The van der Waals surface area contributed by atoms with Crippen LogP contribution in [-0.2, 0) is 9.53 Å². The molecule has 1 atom stereocenters. The van der Waals surface area contributed by atoms with Crippen molar-refractivity contribution >= 4 is 5.91 Å². The Kier molecular flexibility index (Phi) is 3.54. The number of likely N-dealkylation sites (N-methyl/N-ethyl adjacent to an activating group) is 1. The van der Waals surface area contributed by atoms with E-state index < -0.39 is 24.3 Å². The largest absolute Gasteiger partial charge is 0.383 e. The van der Waals surface area contributed by atoms with Crippen molar-refractivity contribution < 1.29 is 27.1 Å². The molecular formula is C8H11F4NO2. The number of ether oxygens (including phenoxy) is 1. The maximum atomic E-state index is 12.7. The molecule has 0 bridgehead atoms. The van der Waals surface area contributed by atoms with Crippen molar-refractivity contribution in [3.05, 3.63) is 0 Å². The SMILES string of the molecule is CN(C(=O)C(F)(F)C(F)F)C1CCOC1. The number of alkyl halides is 4. The zero-order valence-electron chi connectivity index (χ0n) is 8.05. The van der Waals surface area contributed by atoms with Crippen LogP contribution in [0, 0.1) is 0 Å². The Morgan fingerprint density at radius 2 is 2.13 bits per heavy atom. The summed E-state index contributed by atoms with van der Waals surface area (Å²) < 4.78 is 54.0. The molecule has 1 aliphatic heterocycles. The number of hydrogen-bond acceptors (Lipinski definition) is 2. The summed E-state index contributed by atoms with van der Waals surface area (Å²) >= 11 is 0. The van der Waals surface area contributed by atoms with Crippen molar-refractivity contribution in [2.45, 2.75) is 24.8 Å². The third kappa shape index (κ3) is 2.39. The van der Waals surface area contributed by atoms with Crippen LogP contribution in [0.5, 0.6) is 0 Å². The van der Waals surface area contributed by atoms with Crippen molar-refractivity contribution in [3.63, 3.8) is 0 Å². The average molecular weight is 229 g/mol. The summed E-state index contributed by atoms with van der Waals surface area (Å²) in [6.45, 7) is 0.462. The maximum absolute atomic E-state index is 12.7. The molecule has 0 aliphatic carbocycles. The van der Waals surface area contributed by atoms with E-state index in [2.05, 4.69) is 0 Å². The molecule has 15 heavy (non-hydrogen) atoms. The summed E-state index contributed by atoms with van der Waals surface area (Å²) in [7, 11) is 1.08. The fraction of sp³-hybridized carbons (Fsp3) is 0.875. The van der Waals surface area contributed by atoms with Gasteiger partial charge in [-0.05, 0) is 6.42 Å². The lowest BCUT2D eigenvalue weighted by Crippen LogP contribution is -2.50. The van der Waals surface area contributed by atoms with E-state index in [9.17, 15) is 22.4 Å². The fourth-order valence-corrected chi connectivity index (χ4v) is 1.32. The van der Waals surface area contributed by atoms with Gasteiger partial charge in [-0.25, -0.2) is 8.78 Å². The lowest BCUT2D eigenvalue weighted by molar-refractivity contribution is -0.181. The summed E-state index contributed by atoms with van der Waals surface area (Å²) in [6, 6.07) is -0.540. The predicted molar refractivity (Wildman–Crippen MR) is 42.9 cm³/mol. The molecule has 1 unspecified atom stereocenters. The summed E-state index contributed by atoms with van der Waals surface area (Å²) in [5, 5.41) is 0. The molecule has 1 fully saturated rings. The summed E-state index contributed by atoms with van der Waals surface area (Å²) in [5.41, 5.74) is 0. The van der Waals surface area contributed by atoms with Gasteiger partial charge in [0.1, 0.15) is 0 Å². The first-order chi connectivity index (χ1) is 6.87. The molecule has 1 saturated heterocycles. The predicted octanol–water partition coefficient (Wildman–Crippen LogP) is 1.13. The van der Waals surface area contributed by atoms with Crippen molar-refractivity contribution in [2.75, 3.05) is 20.3 Å². The summed E-state index contributed by atoms with van der Waals surface area (Å²) in [5.74, 6) is -6.47. The third-order valence-electron chi connectivity index (χ3n) is 2.33. The topological polar surface area (TPSA) is 29.5 Å².